The van der Waals surface area contributed by atoms with Gasteiger partial charge in [0.25, 0.3) is 5.91 Å². The van der Waals surface area contributed by atoms with Gasteiger partial charge < -0.3 is 10.4 Å². The van der Waals surface area contributed by atoms with Crippen LogP contribution in [0.3, 0.4) is 0 Å². The van der Waals surface area contributed by atoms with Gasteiger partial charge >= 0.3 is 0 Å². The lowest BCUT2D eigenvalue weighted by Crippen LogP contribution is -2.11. The van der Waals surface area contributed by atoms with Gasteiger partial charge in [-0.05, 0) is 40.2 Å². The molecule has 2 aromatic rings. The maximum absolute atomic E-state index is 13.6. The van der Waals surface area contributed by atoms with Crippen molar-refractivity contribution in [3.63, 3.8) is 0 Å². The van der Waals surface area contributed by atoms with Crippen molar-refractivity contribution >= 4 is 38.9 Å². The molecular formula is C15H11BrFNO2S. The Balaban J connectivity index is 2.16. The molecule has 1 amide bonds. The number of carbonyl (C=O) groups is 1. The van der Waals surface area contributed by atoms with Crippen molar-refractivity contribution in [2.45, 2.75) is 6.42 Å². The SMILES string of the molecule is O=C(Nc1ccc(F)c(C#CCCO)c1)c1csc(Br)c1. The molecule has 0 bridgehead atoms. The third-order valence-corrected chi connectivity index (χ3v) is 4.02. The number of rotatable bonds is 3. The molecular weight excluding hydrogens is 357 g/mol. The Morgan fingerprint density at radius 3 is 2.90 bits per heavy atom. The molecule has 2 N–H and O–H groups in total. The van der Waals surface area contributed by atoms with Crippen LogP contribution >= 0.6 is 27.3 Å². The topological polar surface area (TPSA) is 49.3 Å². The normalized spacial score (nSPS) is 9.86. The zero-order valence-electron chi connectivity index (χ0n) is 10.8. The van der Waals surface area contributed by atoms with Crippen molar-refractivity contribution in [3.05, 3.63) is 50.4 Å². The third-order valence-electron chi connectivity index (χ3n) is 2.51. The van der Waals surface area contributed by atoms with Crippen molar-refractivity contribution in [1.29, 1.82) is 0 Å². The molecule has 0 spiro atoms. The fourth-order valence-corrected chi connectivity index (χ4v) is 2.68. The first-order valence-electron chi connectivity index (χ1n) is 6.05. The molecule has 1 heterocycles. The molecule has 21 heavy (non-hydrogen) atoms. The third kappa shape index (κ3) is 4.39. The number of amides is 1. The lowest BCUT2D eigenvalue weighted by molar-refractivity contribution is 0.102. The summed E-state index contributed by atoms with van der Waals surface area (Å²) < 4.78 is 14.4. The zero-order valence-corrected chi connectivity index (χ0v) is 13.2. The van der Waals surface area contributed by atoms with Gasteiger partial charge in [0, 0.05) is 17.5 Å². The number of aliphatic hydroxyl groups excluding tert-OH is 1. The Morgan fingerprint density at radius 1 is 1.43 bits per heavy atom. The number of benzene rings is 1. The van der Waals surface area contributed by atoms with E-state index in [0.717, 1.165) is 3.79 Å². The summed E-state index contributed by atoms with van der Waals surface area (Å²) in [6.45, 7) is -0.0713. The van der Waals surface area contributed by atoms with Gasteiger partial charge in [-0.25, -0.2) is 4.39 Å². The van der Waals surface area contributed by atoms with Crippen molar-refractivity contribution < 1.29 is 14.3 Å². The summed E-state index contributed by atoms with van der Waals surface area (Å²) in [7, 11) is 0. The highest BCUT2D eigenvalue weighted by atomic mass is 79.9. The summed E-state index contributed by atoms with van der Waals surface area (Å²) in [4.78, 5) is 12.0. The number of thiophene rings is 1. The maximum atomic E-state index is 13.6. The quantitative estimate of drug-likeness (QED) is 0.813. The van der Waals surface area contributed by atoms with E-state index < -0.39 is 5.82 Å². The minimum Gasteiger partial charge on any atom is -0.395 e. The van der Waals surface area contributed by atoms with Gasteiger partial charge in [-0.3, -0.25) is 4.79 Å². The van der Waals surface area contributed by atoms with Crippen LogP contribution in [0.4, 0.5) is 10.1 Å². The van der Waals surface area contributed by atoms with Gasteiger partial charge in [0.1, 0.15) is 5.82 Å². The molecule has 1 aromatic heterocycles. The Bertz CT molecular complexity index is 718. The zero-order chi connectivity index (χ0) is 15.2. The molecule has 0 unspecified atom stereocenters. The maximum Gasteiger partial charge on any atom is 0.256 e. The molecule has 0 radical (unpaired) electrons. The number of hydrogen-bond acceptors (Lipinski definition) is 3. The van der Waals surface area contributed by atoms with Crippen LogP contribution in [0.5, 0.6) is 0 Å². The van der Waals surface area contributed by atoms with E-state index in [1.807, 2.05) is 0 Å². The van der Waals surface area contributed by atoms with E-state index in [0.29, 0.717) is 11.3 Å². The number of aliphatic hydroxyl groups is 1. The van der Waals surface area contributed by atoms with Crippen LogP contribution in [-0.4, -0.2) is 17.6 Å². The van der Waals surface area contributed by atoms with E-state index >= 15 is 0 Å². The monoisotopic (exact) mass is 367 g/mol. The van der Waals surface area contributed by atoms with Crippen LogP contribution in [0.15, 0.2) is 33.4 Å². The molecule has 0 aliphatic rings. The summed E-state index contributed by atoms with van der Waals surface area (Å²) >= 11 is 4.70. The molecule has 0 aliphatic carbocycles. The fraction of sp³-hybridized carbons (Fsp3) is 0.133. The predicted octanol–water partition coefficient (Wildman–Crippen LogP) is 3.64. The van der Waals surface area contributed by atoms with E-state index in [2.05, 4.69) is 33.1 Å². The summed E-state index contributed by atoms with van der Waals surface area (Å²) in [6, 6.07) is 5.92. The highest BCUT2D eigenvalue weighted by molar-refractivity contribution is 9.11. The van der Waals surface area contributed by atoms with Crippen LogP contribution < -0.4 is 5.32 Å². The second-order valence-electron chi connectivity index (χ2n) is 4.06. The molecule has 6 heteroatoms. The average molecular weight is 368 g/mol. The second-order valence-corrected chi connectivity index (χ2v) is 6.35. The Labute approximate surface area is 133 Å². The molecule has 0 saturated carbocycles. The molecule has 0 fully saturated rings. The molecule has 0 aliphatic heterocycles. The van der Waals surface area contributed by atoms with Crippen LogP contribution in [0, 0.1) is 17.7 Å². The molecule has 0 saturated heterocycles. The van der Waals surface area contributed by atoms with Crippen molar-refractivity contribution in [2.75, 3.05) is 11.9 Å². The number of nitrogens with one attached hydrogen (secondary N) is 1. The summed E-state index contributed by atoms with van der Waals surface area (Å²) in [5, 5.41) is 13.1. The Hall–Kier alpha value is -1.68. The summed E-state index contributed by atoms with van der Waals surface area (Å²) in [6.07, 6.45) is 0.277. The number of halogens is 2. The van der Waals surface area contributed by atoms with Crippen LogP contribution in [0.1, 0.15) is 22.3 Å². The second kappa shape index (κ2) is 7.36. The first-order valence-corrected chi connectivity index (χ1v) is 7.72. The van der Waals surface area contributed by atoms with Crippen molar-refractivity contribution in [2.24, 2.45) is 0 Å². The van der Waals surface area contributed by atoms with E-state index in [1.54, 1.807) is 11.4 Å². The minimum absolute atomic E-state index is 0.0713. The summed E-state index contributed by atoms with van der Waals surface area (Å²) in [5.74, 6) is 4.55. The fourth-order valence-electron chi connectivity index (χ4n) is 1.54. The van der Waals surface area contributed by atoms with Gasteiger partial charge in [0.15, 0.2) is 0 Å². The molecule has 2 rings (SSSR count). The highest BCUT2D eigenvalue weighted by Crippen LogP contribution is 2.22. The number of carbonyl (C=O) groups excluding carboxylic acids is 1. The lowest BCUT2D eigenvalue weighted by Gasteiger charge is -2.05. The van der Waals surface area contributed by atoms with E-state index in [9.17, 15) is 9.18 Å². The lowest BCUT2D eigenvalue weighted by atomic mass is 10.1. The van der Waals surface area contributed by atoms with E-state index in [1.165, 1.54) is 29.5 Å². The van der Waals surface area contributed by atoms with Crippen LogP contribution in [-0.2, 0) is 0 Å². The van der Waals surface area contributed by atoms with Crippen LogP contribution in [0.25, 0.3) is 0 Å². The smallest absolute Gasteiger partial charge is 0.256 e. The predicted molar refractivity (Wildman–Crippen MR) is 85.0 cm³/mol. The Kier molecular flexibility index (Phi) is 5.51. The molecule has 108 valence electrons. The van der Waals surface area contributed by atoms with Crippen molar-refractivity contribution in [3.8, 4) is 11.8 Å². The average Bonchev–Trinajstić information content (AvgIpc) is 2.89. The van der Waals surface area contributed by atoms with Gasteiger partial charge in [-0.1, -0.05) is 11.8 Å². The van der Waals surface area contributed by atoms with Gasteiger partial charge in [0.05, 0.1) is 21.5 Å². The first-order chi connectivity index (χ1) is 10.1. The Morgan fingerprint density at radius 2 is 2.24 bits per heavy atom. The largest absolute Gasteiger partial charge is 0.395 e. The molecule has 0 atom stereocenters. The number of anilines is 1. The summed E-state index contributed by atoms with van der Waals surface area (Å²) in [5.41, 5.74) is 1.19. The van der Waals surface area contributed by atoms with E-state index in [4.69, 9.17) is 5.11 Å². The van der Waals surface area contributed by atoms with Gasteiger partial charge in [-0.2, -0.15) is 0 Å². The van der Waals surface area contributed by atoms with Crippen LogP contribution in [0.2, 0.25) is 0 Å². The van der Waals surface area contributed by atoms with Gasteiger partial charge in [0.2, 0.25) is 0 Å². The molecule has 3 nitrogen and oxygen atoms in total. The standard InChI is InChI=1S/C15H11BrFNO2S/c16-14-8-11(9-21-14)15(20)18-12-4-5-13(17)10(7-12)3-1-2-6-19/h4-5,7-9,19H,2,6H2,(H,18,20). The first kappa shape index (κ1) is 15.7. The van der Waals surface area contributed by atoms with Crippen molar-refractivity contribution in [1.82, 2.24) is 0 Å². The minimum atomic E-state index is -0.461. The van der Waals surface area contributed by atoms with E-state index in [-0.39, 0.29) is 24.5 Å². The van der Waals surface area contributed by atoms with Gasteiger partial charge in [-0.15, -0.1) is 11.3 Å². The highest BCUT2D eigenvalue weighted by Gasteiger charge is 2.09. The molecule has 1 aromatic carbocycles. The number of hydrogen-bond donors (Lipinski definition) is 2.